The van der Waals surface area contributed by atoms with Crippen LogP contribution in [0.2, 0.25) is 0 Å². The summed E-state index contributed by atoms with van der Waals surface area (Å²) in [6.07, 6.45) is 1.15. The molecule has 1 aliphatic carbocycles. The standard InChI is InChI=1S/C21H29F3N2O3/c1-3-15(12-27)18(28)26-13-19(14-26)7-9-20(4-2,10-8-19)29-17-6-5-16(11-25-17)21(22,23)24/h5-6,11,15,27H,3-4,7-10,12-14H2,1-2H3/t15-/m1/s1. The zero-order chi connectivity index (χ0) is 21.3. The van der Waals surface area contributed by atoms with Gasteiger partial charge in [-0.15, -0.1) is 0 Å². The van der Waals surface area contributed by atoms with Crippen LogP contribution >= 0.6 is 0 Å². The number of aromatic nitrogens is 1. The number of carbonyl (C=O) groups is 1. The molecular formula is C21H29F3N2O3. The maximum Gasteiger partial charge on any atom is 0.417 e. The van der Waals surface area contributed by atoms with Crippen LogP contribution < -0.4 is 4.74 Å². The first-order chi connectivity index (χ1) is 13.7. The minimum absolute atomic E-state index is 0.0261. The summed E-state index contributed by atoms with van der Waals surface area (Å²) in [5.74, 6) is -0.0761. The van der Waals surface area contributed by atoms with E-state index in [1.165, 1.54) is 6.07 Å². The van der Waals surface area contributed by atoms with Gasteiger partial charge in [-0.1, -0.05) is 13.8 Å². The van der Waals surface area contributed by atoms with E-state index in [2.05, 4.69) is 4.98 Å². The van der Waals surface area contributed by atoms with Crippen molar-refractivity contribution in [2.24, 2.45) is 11.3 Å². The van der Waals surface area contributed by atoms with Crippen molar-refractivity contribution >= 4 is 5.91 Å². The van der Waals surface area contributed by atoms with Gasteiger partial charge in [0.1, 0.15) is 5.60 Å². The largest absolute Gasteiger partial charge is 0.471 e. The van der Waals surface area contributed by atoms with E-state index in [1.54, 1.807) is 0 Å². The van der Waals surface area contributed by atoms with Crippen molar-refractivity contribution in [2.75, 3.05) is 19.7 Å². The lowest BCUT2D eigenvalue weighted by molar-refractivity contribution is -0.155. The molecule has 1 amide bonds. The van der Waals surface area contributed by atoms with Crippen molar-refractivity contribution in [1.29, 1.82) is 0 Å². The summed E-state index contributed by atoms with van der Waals surface area (Å²) in [6.45, 7) is 5.22. The van der Waals surface area contributed by atoms with Gasteiger partial charge < -0.3 is 14.7 Å². The maximum absolute atomic E-state index is 12.7. The molecule has 0 unspecified atom stereocenters. The van der Waals surface area contributed by atoms with Gasteiger partial charge in [-0.05, 0) is 44.6 Å². The third kappa shape index (κ3) is 4.52. The number of halogens is 3. The van der Waals surface area contributed by atoms with Gasteiger partial charge in [-0.25, -0.2) is 4.98 Å². The number of nitrogens with zero attached hydrogens (tertiary/aromatic N) is 2. The summed E-state index contributed by atoms with van der Waals surface area (Å²) in [6, 6.07) is 2.28. The van der Waals surface area contributed by atoms with E-state index in [0.29, 0.717) is 19.5 Å². The molecule has 1 atom stereocenters. The average molecular weight is 414 g/mol. The van der Waals surface area contributed by atoms with Crippen molar-refractivity contribution in [2.45, 2.75) is 64.1 Å². The van der Waals surface area contributed by atoms with Gasteiger partial charge in [-0.3, -0.25) is 4.79 Å². The van der Waals surface area contributed by atoms with Crippen LogP contribution in [0, 0.1) is 11.3 Å². The number of aliphatic hydroxyl groups is 1. The molecule has 0 radical (unpaired) electrons. The quantitative estimate of drug-likeness (QED) is 0.763. The van der Waals surface area contributed by atoms with Gasteiger partial charge in [0, 0.05) is 30.8 Å². The highest BCUT2D eigenvalue weighted by atomic mass is 19.4. The number of hydrogen-bond acceptors (Lipinski definition) is 4. The van der Waals surface area contributed by atoms with E-state index in [9.17, 15) is 23.1 Å². The van der Waals surface area contributed by atoms with Crippen molar-refractivity contribution in [1.82, 2.24) is 9.88 Å². The Morgan fingerprint density at radius 1 is 1.24 bits per heavy atom. The number of carbonyl (C=O) groups excluding carboxylic acids is 1. The minimum atomic E-state index is -4.41. The third-order valence-electron chi connectivity index (χ3n) is 6.68. The molecule has 2 heterocycles. The molecule has 1 spiro atoms. The Morgan fingerprint density at radius 3 is 2.34 bits per heavy atom. The fraction of sp³-hybridized carbons (Fsp3) is 0.714. The summed E-state index contributed by atoms with van der Waals surface area (Å²) in [7, 11) is 0. The molecule has 5 nitrogen and oxygen atoms in total. The third-order valence-corrected chi connectivity index (χ3v) is 6.68. The van der Waals surface area contributed by atoms with Gasteiger partial charge in [0.2, 0.25) is 11.8 Å². The lowest BCUT2D eigenvalue weighted by Crippen LogP contribution is -2.62. The summed E-state index contributed by atoms with van der Waals surface area (Å²) < 4.78 is 44.2. The Morgan fingerprint density at radius 2 is 1.90 bits per heavy atom. The van der Waals surface area contributed by atoms with Crippen LogP contribution in [0.25, 0.3) is 0 Å². The molecule has 1 N–H and O–H groups in total. The molecule has 2 fully saturated rings. The topological polar surface area (TPSA) is 62.7 Å². The molecule has 162 valence electrons. The Balaban J connectivity index is 1.58. The van der Waals surface area contributed by atoms with Gasteiger partial charge in [0.25, 0.3) is 0 Å². The normalized spacial score (nSPS) is 21.5. The van der Waals surface area contributed by atoms with Crippen LogP contribution in [0.5, 0.6) is 5.88 Å². The molecule has 1 saturated heterocycles. The smallest absolute Gasteiger partial charge is 0.417 e. The molecular weight excluding hydrogens is 385 g/mol. The zero-order valence-corrected chi connectivity index (χ0v) is 17.0. The predicted octanol–water partition coefficient (Wildman–Crippen LogP) is 4.05. The van der Waals surface area contributed by atoms with E-state index in [0.717, 1.165) is 44.4 Å². The second-order valence-electron chi connectivity index (χ2n) is 8.50. The highest BCUT2D eigenvalue weighted by Crippen LogP contribution is 2.49. The lowest BCUT2D eigenvalue weighted by Gasteiger charge is -2.56. The monoisotopic (exact) mass is 414 g/mol. The van der Waals surface area contributed by atoms with Crippen LogP contribution in [0.15, 0.2) is 18.3 Å². The Kier molecular flexibility index (Phi) is 6.13. The molecule has 3 rings (SSSR count). The number of pyridine rings is 1. The molecule has 0 bridgehead atoms. The molecule has 1 aromatic rings. The SMILES string of the molecule is CC[C@H](CO)C(=O)N1CC2(CCC(CC)(Oc3ccc(C(F)(F)F)cn3)CC2)C1. The number of likely N-dealkylation sites (tertiary alicyclic amines) is 1. The van der Waals surface area contributed by atoms with Crippen LogP contribution in [0.4, 0.5) is 13.2 Å². The molecule has 1 saturated carbocycles. The fourth-order valence-electron chi connectivity index (χ4n) is 4.47. The summed E-state index contributed by atoms with van der Waals surface area (Å²) >= 11 is 0. The highest BCUT2D eigenvalue weighted by Gasteiger charge is 2.51. The average Bonchev–Trinajstić information content (AvgIpc) is 2.67. The van der Waals surface area contributed by atoms with E-state index >= 15 is 0 Å². The molecule has 0 aromatic carbocycles. The predicted molar refractivity (Wildman–Crippen MR) is 101 cm³/mol. The maximum atomic E-state index is 12.7. The van der Waals surface area contributed by atoms with Crippen molar-refractivity contribution in [3.8, 4) is 5.88 Å². The number of ether oxygens (including phenoxy) is 1. The second-order valence-corrected chi connectivity index (χ2v) is 8.50. The summed E-state index contributed by atoms with van der Waals surface area (Å²) in [5.41, 5.74) is -1.12. The Labute approximate surface area is 169 Å². The first-order valence-corrected chi connectivity index (χ1v) is 10.3. The van der Waals surface area contributed by atoms with E-state index in [1.807, 2.05) is 18.7 Å². The number of alkyl halides is 3. The van der Waals surface area contributed by atoms with E-state index in [4.69, 9.17) is 4.74 Å². The summed E-state index contributed by atoms with van der Waals surface area (Å²) in [5, 5.41) is 9.34. The minimum Gasteiger partial charge on any atom is -0.471 e. The van der Waals surface area contributed by atoms with Crippen LogP contribution in [-0.2, 0) is 11.0 Å². The lowest BCUT2D eigenvalue weighted by atomic mass is 9.63. The number of aliphatic hydroxyl groups excluding tert-OH is 1. The molecule has 1 aromatic heterocycles. The van der Waals surface area contributed by atoms with Gasteiger partial charge in [-0.2, -0.15) is 13.2 Å². The van der Waals surface area contributed by atoms with Gasteiger partial charge >= 0.3 is 6.18 Å². The van der Waals surface area contributed by atoms with Crippen molar-refractivity contribution in [3.63, 3.8) is 0 Å². The number of rotatable bonds is 6. The summed E-state index contributed by atoms with van der Waals surface area (Å²) in [4.78, 5) is 18.1. The first-order valence-electron chi connectivity index (χ1n) is 10.3. The molecule has 8 heteroatoms. The number of amides is 1. The molecule has 2 aliphatic rings. The van der Waals surface area contributed by atoms with Gasteiger partial charge in [0.05, 0.1) is 18.1 Å². The van der Waals surface area contributed by atoms with Crippen LogP contribution in [0.3, 0.4) is 0 Å². The molecule has 29 heavy (non-hydrogen) atoms. The highest BCUT2D eigenvalue weighted by molar-refractivity contribution is 5.80. The van der Waals surface area contributed by atoms with Crippen LogP contribution in [0.1, 0.15) is 57.9 Å². The fourth-order valence-corrected chi connectivity index (χ4v) is 4.47. The first kappa shape index (κ1) is 21.9. The van der Waals surface area contributed by atoms with Gasteiger partial charge in [0.15, 0.2) is 0 Å². The Hall–Kier alpha value is -1.83. The molecule has 1 aliphatic heterocycles. The van der Waals surface area contributed by atoms with Crippen molar-refractivity contribution in [3.05, 3.63) is 23.9 Å². The number of hydrogen-bond donors (Lipinski definition) is 1. The van der Waals surface area contributed by atoms with Crippen LogP contribution in [-0.4, -0.2) is 46.2 Å². The second kappa shape index (κ2) is 8.13. The van der Waals surface area contributed by atoms with E-state index in [-0.39, 0.29) is 29.7 Å². The van der Waals surface area contributed by atoms with Crippen molar-refractivity contribution < 1.29 is 27.8 Å². The van der Waals surface area contributed by atoms with E-state index < -0.39 is 17.3 Å². The Bertz CT molecular complexity index is 701. The zero-order valence-electron chi connectivity index (χ0n) is 17.0.